The van der Waals surface area contributed by atoms with Crippen molar-refractivity contribution in [1.29, 1.82) is 0 Å². The third kappa shape index (κ3) is 4.93. The van der Waals surface area contributed by atoms with Gasteiger partial charge in [-0.15, -0.1) is 5.10 Å². The van der Waals surface area contributed by atoms with Crippen LogP contribution in [0.4, 0.5) is 0 Å². The number of rotatable bonds is 6. The average Bonchev–Trinajstić information content (AvgIpc) is 3.13. The first-order valence-corrected chi connectivity index (χ1v) is 8.82. The molecule has 134 valence electrons. The van der Waals surface area contributed by atoms with Gasteiger partial charge in [-0.1, -0.05) is 16.8 Å². The molecule has 25 heavy (non-hydrogen) atoms. The van der Waals surface area contributed by atoms with Crippen LogP contribution in [0.25, 0.3) is 0 Å². The van der Waals surface area contributed by atoms with Crippen LogP contribution in [-0.4, -0.2) is 46.6 Å². The summed E-state index contributed by atoms with van der Waals surface area (Å²) in [4.78, 5) is 12.2. The summed E-state index contributed by atoms with van der Waals surface area (Å²) in [5, 5.41) is 14.9. The molecular weight excluding hydrogens is 342 g/mol. The van der Waals surface area contributed by atoms with E-state index in [1.165, 1.54) is 0 Å². The Balaban J connectivity index is 1.48. The highest BCUT2D eigenvalue weighted by atomic mass is 35.5. The van der Waals surface area contributed by atoms with E-state index in [2.05, 4.69) is 20.9 Å². The number of amides is 1. The molecular formula is C17H22ClN5O2. The first kappa shape index (κ1) is 17.7. The van der Waals surface area contributed by atoms with Gasteiger partial charge in [0.15, 0.2) is 5.69 Å². The monoisotopic (exact) mass is 363 g/mol. The molecule has 1 amide bonds. The number of hydrogen-bond donors (Lipinski definition) is 2. The first-order valence-electron chi connectivity index (χ1n) is 8.45. The number of halogens is 1. The number of carbonyl (C=O) groups is 1. The third-order valence-electron chi connectivity index (χ3n) is 4.13. The van der Waals surface area contributed by atoms with E-state index in [0.717, 1.165) is 25.9 Å². The van der Waals surface area contributed by atoms with Crippen LogP contribution in [0.5, 0.6) is 5.75 Å². The van der Waals surface area contributed by atoms with E-state index >= 15 is 0 Å². The molecule has 1 unspecified atom stereocenters. The van der Waals surface area contributed by atoms with Crippen LogP contribution in [0.3, 0.4) is 0 Å². The fourth-order valence-corrected chi connectivity index (χ4v) is 2.87. The predicted molar refractivity (Wildman–Crippen MR) is 95.0 cm³/mol. The van der Waals surface area contributed by atoms with E-state index in [1.54, 1.807) is 35.1 Å². The van der Waals surface area contributed by atoms with Crippen LogP contribution in [-0.2, 0) is 0 Å². The Kier molecular flexibility index (Phi) is 5.88. The number of hydrogen-bond acceptors (Lipinski definition) is 5. The molecule has 1 atom stereocenters. The molecule has 3 rings (SSSR count). The Morgan fingerprint density at radius 3 is 2.84 bits per heavy atom. The second kappa shape index (κ2) is 8.31. The summed E-state index contributed by atoms with van der Waals surface area (Å²) >= 11 is 5.85. The van der Waals surface area contributed by atoms with Gasteiger partial charge in [-0.3, -0.25) is 4.79 Å². The standard InChI is InChI=1S/C17H22ClN5O2/c1-12(25-15-4-2-13(18)3-5-15)10-20-17(24)16-11-23(22-21-16)14-6-8-19-9-7-14/h2-5,11-12,14,19H,6-10H2,1H3,(H,20,24). The SMILES string of the molecule is CC(CNC(=O)c1cn(C2CCNCC2)nn1)Oc1ccc(Cl)cc1. The Bertz CT molecular complexity index is 697. The number of benzene rings is 1. The number of aromatic nitrogens is 3. The predicted octanol–water partition coefficient (Wildman–Crippen LogP) is 2.05. The molecule has 2 N–H and O–H groups in total. The van der Waals surface area contributed by atoms with Gasteiger partial charge in [0.25, 0.3) is 5.91 Å². The molecule has 7 nitrogen and oxygen atoms in total. The van der Waals surface area contributed by atoms with Crippen molar-refractivity contribution in [3.8, 4) is 5.75 Å². The van der Waals surface area contributed by atoms with E-state index in [9.17, 15) is 4.79 Å². The molecule has 2 aromatic rings. The lowest BCUT2D eigenvalue weighted by molar-refractivity contribution is 0.0927. The molecule has 8 heteroatoms. The number of piperidine rings is 1. The Morgan fingerprint density at radius 1 is 1.40 bits per heavy atom. The second-order valence-corrected chi connectivity index (χ2v) is 6.59. The average molecular weight is 364 g/mol. The molecule has 0 radical (unpaired) electrons. The van der Waals surface area contributed by atoms with Crippen LogP contribution >= 0.6 is 11.6 Å². The van der Waals surface area contributed by atoms with Crippen LogP contribution in [0.1, 0.15) is 36.3 Å². The zero-order valence-corrected chi connectivity index (χ0v) is 14.9. The zero-order valence-electron chi connectivity index (χ0n) is 14.1. The van der Waals surface area contributed by atoms with E-state index < -0.39 is 0 Å². The molecule has 0 spiro atoms. The van der Waals surface area contributed by atoms with Gasteiger partial charge in [0, 0.05) is 5.02 Å². The summed E-state index contributed by atoms with van der Waals surface area (Å²) in [6.45, 7) is 4.19. The molecule has 0 saturated carbocycles. The molecule has 1 fully saturated rings. The summed E-state index contributed by atoms with van der Waals surface area (Å²) < 4.78 is 7.53. The minimum absolute atomic E-state index is 0.176. The lowest BCUT2D eigenvalue weighted by Gasteiger charge is -2.22. The maximum Gasteiger partial charge on any atom is 0.273 e. The Morgan fingerprint density at radius 2 is 2.12 bits per heavy atom. The highest BCUT2D eigenvalue weighted by Gasteiger charge is 2.19. The molecule has 1 saturated heterocycles. The van der Waals surface area contributed by atoms with Gasteiger partial charge in [-0.2, -0.15) is 0 Å². The first-order chi connectivity index (χ1) is 12.1. The maximum atomic E-state index is 12.2. The van der Waals surface area contributed by atoms with Crippen molar-refractivity contribution in [3.63, 3.8) is 0 Å². The Labute approximate surface area is 151 Å². The van der Waals surface area contributed by atoms with Gasteiger partial charge in [0.1, 0.15) is 11.9 Å². The van der Waals surface area contributed by atoms with Gasteiger partial charge in [-0.05, 0) is 57.1 Å². The highest BCUT2D eigenvalue weighted by Crippen LogP contribution is 2.18. The molecule has 1 aliphatic heterocycles. The Hall–Kier alpha value is -2.12. The molecule has 1 aliphatic rings. The second-order valence-electron chi connectivity index (χ2n) is 6.16. The lowest BCUT2D eigenvalue weighted by Crippen LogP contribution is -2.33. The smallest absolute Gasteiger partial charge is 0.273 e. The highest BCUT2D eigenvalue weighted by molar-refractivity contribution is 6.30. The van der Waals surface area contributed by atoms with Gasteiger partial charge in [0.05, 0.1) is 18.8 Å². The minimum atomic E-state index is -0.244. The van der Waals surface area contributed by atoms with Crippen LogP contribution < -0.4 is 15.4 Å². The lowest BCUT2D eigenvalue weighted by atomic mass is 10.1. The fraction of sp³-hybridized carbons (Fsp3) is 0.471. The van der Waals surface area contributed by atoms with Crippen molar-refractivity contribution in [2.24, 2.45) is 0 Å². The van der Waals surface area contributed by atoms with E-state index in [0.29, 0.717) is 29.1 Å². The molecule has 2 heterocycles. The summed E-state index contributed by atoms with van der Waals surface area (Å²) in [5.41, 5.74) is 0.331. The van der Waals surface area contributed by atoms with E-state index in [4.69, 9.17) is 16.3 Å². The van der Waals surface area contributed by atoms with Crippen LogP contribution in [0, 0.1) is 0 Å². The largest absolute Gasteiger partial charge is 0.489 e. The third-order valence-corrected chi connectivity index (χ3v) is 4.38. The van der Waals surface area contributed by atoms with Crippen molar-refractivity contribution in [2.75, 3.05) is 19.6 Å². The molecule has 1 aromatic heterocycles. The number of ether oxygens (including phenoxy) is 1. The summed E-state index contributed by atoms with van der Waals surface area (Å²) in [7, 11) is 0. The van der Waals surface area contributed by atoms with Crippen molar-refractivity contribution >= 4 is 17.5 Å². The summed E-state index contributed by atoms with van der Waals surface area (Å²) in [6.07, 6.45) is 3.53. The van der Waals surface area contributed by atoms with Crippen molar-refractivity contribution < 1.29 is 9.53 Å². The van der Waals surface area contributed by atoms with E-state index in [1.807, 2.05) is 6.92 Å². The molecule has 1 aromatic carbocycles. The molecule has 0 aliphatic carbocycles. The summed E-state index contributed by atoms with van der Waals surface area (Å²) in [5.74, 6) is 0.467. The quantitative estimate of drug-likeness (QED) is 0.821. The van der Waals surface area contributed by atoms with Crippen LogP contribution in [0.15, 0.2) is 30.5 Å². The topological polar surface area (TPSA) is 81.1 Å². The molecule has 0 bridgehead atoms. The number of nitrogens with zero attached hydrogens (tertiary/aromatic N) is 3. The van der Waals surface area contributed by atoms with E-state index in [-0.39, 0.29) is 12.0 Å². The van der Waals surface area contributed by atoms with Gasteiger partial charge in [-0.25, -0.2) is 4.68 Å². The van der Waals surface area contributed by atoms with Gasteiger partial charge in [0.2, 0.25) is 0 Å². The summed E-state index contributed by atoms with van der Waals surface area (Å²) in [6, 6.07) is 7.43. The number of nitrogens with one attached hydrogen (secondary N) is 2. The number of carbonyl (C=O) groups excluding carboxylic acids is 1. The maximum absolute atomic E-state index is 12.2. The van der Waals surface area contributed by atoms with Crippen molar-refractivity contribution in [3.05, 3.63) is 41.2 Å². The van der Waals surface area contributed by atoms with Gasteiger partial charge >= 0.3 is 0 Å². The minimum Gasteiger partial charge on any atom is -0.489 e. The normalized spacial score (nSPS) is 16.4. The van der Waals surface area contributed by atoms with Gasteiger partial charge < -0.3 is 15.4 Å². The zero-order chi connectivity index (χ0) is 17.6. The van der Waals surface area contributed by atoms with Crippen LogP contribution in [0.2, 0.25) is 5.02 Å². The fourth-order valence-electron chi connectivity index (χ4n) is 2.74. The van der Waals surface area contributed by atoms with Crippen molar-refractivity contribution in [2.45, 2.75) is 31.9 Å². The van der Waals surface area contributed by atoms with Crippen molar-refractivity contribution in [1.82, 2.24) is 25.6 Å².